The molecule has 0 radical (unpaired) electrons. The summed E-state index contributed by atoms with van der Waals surface area (Å²) in [5, 5.41) is 5.54. The van der Waals surface area contributed by atoms with Crippen LogP contribution in [-0.4, -0.2) is 90.2 Å². The smallest absolute Gasteiger partial charge is 0.243 e. The molecule has 0 saturated carbocycles. The van der Waals surface area contributed by atoms with Crippen LogP contribution in [0.25, 0.3) is 0 Å². The van der Waals surface area contributed by atoms with E-state index >= 15 is 0 Å². The first kappa shape index (κ1) is 40.5. The number of rotatable bonds is 20. The highest BCUT2D eigenvalue weighted by Crippen LogP contribution is 2.28. The van der Waals surface area contributed by atoms with Crippen molar-refractivity contribution in [2.45, 2.75) is 49.3 Å². The molecule has 3 rings (SSSR count). The lowest BCUT2D eigenvalue weighted by molar-refractivity contribution is -0.119. The summed E-state index contributed by atoms with van der Waals surface area (Å²) in [6.07, 6.45) is -1.15. The Morgan fingerprint density at radius 2 is 0.922 bits per heavy atom. The van der Waals surface area contributed by atoms with Crippen LogP contribution in [0.1, 0.15) is 36.8 Å². The van der Waals surface area contributed by atoms with Crippen molar-refractivity contribution in [1.82, 2.24) is 23.6 Å². The number of hydrogen-bond acceptors (Lipinski definition) is 13. The highest BCUT2D eigenvalue weighted by atomic mass is 35.5. The van der Waals surface area contributed by atoms with E-state index in [1.807, 2.05) is 0 Å². The zero-order chi connectivity index (χ0) is 38.1. The van der Waals surface area contributed by atoms with Crippen LogP contribution in [0.2, 0.25) is 5.28 Å². The van der Waals surface area contributed by atoms with Gasteiger partial charge in [-0.2, -0.15) is 23.6 Å². The first-order chi connectivity index (χ1) is 23.8. The lowest BCUT2D eigenvalue weighted by atomic mass is 10.2. The molecule has 0 saturated heterocycles. The molecule has 4 amide bonds. The van der Waals surface area contributed by atoms with Crippen LogP contribution >= 0.6 is 11.6 Å². The lowest BCUT2D eigenvalue weighted by Gasteiger charge is -2.22. The van der Waals surface area contributed by atoms with Crippen LogP contribution < -0.4 is 33.6 Å². The Morgan fingerprint density at radius 1 is 0.608 bits per heavy atom. The van der Waals surface area contributed by atoms with E-state index in [0.29, 0.717) is 11.1 Å². The first-order valence-corrected chi connectivity index (χ1v) is 18.4. The summed E-state index contributed by atoms with van der Waals surface area (Å²) < 4.78 is 56.0. The van der Waals surface area contributed by atoms with Crippen molar-refractivity contribution in [3.63, 3.8) is 0 Å². The Bertz CT molecular complexity index is 1860. The number of benzene rings is 2. The second kappa shape index (κ2) is 17.3. The van der Waals surface area contributed by atoms with Gasteiger partial charge in [0.15, 0.2) is 0 Å². The van der Waals surface area contributed by atoms with Gasteiger partial charge in [-0.05, 0) is 60.8 Å². The zero-order valence-electron chi connectivity index (χ0n) is 27.6. The standard InChI is InChI=1S/C29H38ClN11O8S2/c1-17-3-5-19(50(46,47)40(11-7-23(31)42)12-8-24(32)43)15-21(17)35-28-37-27(30)38-29(39-28)36-22-16-20(6-4-18(22)2)51(48,49)41(13-9-25(33)44)14-10-26(34)45/h3-6,15-16H,7-14H2,1-2H3,(H2,31,42)(H2,32,43)(H2,33,44)(H2,34,45)(H2,35,36,37,38,39). The molecule has 0 bridgehead atoms. The minimum atomic E-state index is -4.24. The van der Waals surface area contributed by atoms with Crippen molar-refractivity contribution < 1.29 is 36.0 Å². The predicted molar refractivity (Wildman–Crippen MR) is 187 cm³/mol. The van der Waals surface area contributed by atoms with Crippen molar-refractivity contribution in [3.8, 4) is 0 Å². The molecule has 0 unspecified atom stereocenters. The Kier molecular flexibility index (Phi) is 13.7. The van der Waals surface area contributed by atoms with Gasteiger partial charge >= 0.3 is 0 Å². The van der Waals surface area contributed by atoms with Crippen LogP contribution in [0.3, 0.4) is 0 Å². The average Bonchev–Trinajstić information content (AvgIpc) is 3.01. The van der Waals surface area contributed by atoms with E-state index in [4.69, 9.17) is 34.5 Å². The summed E-state index contributed by atoms with van der Waals surface area (Å²) >= 11 is 6.20. The van der Waals surface area contributed by atoms with Gasteiger partial charge in [-0.1, -0.05) is 12.1 Å². The maximum Gasteiger partial charge on any atom is 0.243 e. The summed E-state index contributed by atoms with van der Waals surface area (Å²) in [7, 11) is -8.47. The molecular formula is C29H38ClN11O8S2. The summed E-state index contributed by atoms with van der Waals surface area (Å²) in [4.78, 5) is 57.6. The van der Waals surface area contributed by atoms with E-state index in [2.05, 4.69) is 25.6 Å². The molecule has 10 N–H and O–H groups in total. The number of amides is 4. The van der Waals surface area contributed by atoms with Crippen molar-refractivity contribution in [2.24, 2.45) is 22.9 Å². The van der Waals surface area contributed by atoms with Crippen LogP contribution in [0.4, 0.5) is 23.3 Å². The number of aryl methyl sites for hydroxylation is 2. The maximum atomic E-state index is 13.5. The number of aromatic nitrogens is 3. The molecule has 0 aliphatic carbocycles. The Labute approximate surface area is 299 Å². The van der Waals surface area contributed by atoms with Crippen molar-refractivity contribution in [2.75, 3.05) is 36.8 Å². The fourth-order valence-electron chi connectivity index (χ4n) is 4.44. The topological polar surface area (TPSA) is 310 Å². The molecule has 276 valence electrons. The van der Waals surface area contributed by atoms with E-state index < -0.39 is 43.7 Å². The molecule has 0 aliphatic heterocycles. The molecule has 0 spiro atoms. The van der Waals surface area contributed by atoms with Crippen molar-refractivity contribution in [1.29, 1.82) is 0 Å². The monoisotopic (exact) mass is 767 g/mol. The summed E-state index contributed by atoms with van der Waals surface area (Å²) in [6, 6.07) is 8.33. The van der Waals surface area contributed by atoms with E-state index in [1.54, 1.807) is 13.8 Å². The molecule has 0 atom stereocenters. The molecule has 1 heterocycles. The second-order valence-electron chi connectivity index (χ2n) is 11.1. The van der Waals surface area contributed by atoms with E-state index in [0.717, 1.165) is 8.61 Å². The highest BCUT2D eigenvalue weighted by molar-refractivity contribution is 7.89. The molecule has 19 nitrogen and oxygen atoms in total. The predicted octanol–water partition coefficient (Wildman–Crippen LogP) is 0.112. The maximum absolute atomic E-state index is 13.5. The van der Waals surface area contributed by atoms with Gasteiger partial charge in [-0.25, -0.2) is 16.8 Å². The zero-order valence-corrected chi connectivity index (χ0v) is 30.0. The number of primary amides is 4. The van der Waals surface area contributed by atoms with Gasteiger partial charge in [0.25, 0.3) is 0 Å². The molecule has 51 heavy (non-hydrogen) atoms. The number of halogens is 1. The van der Waals surface area contributed by atoms with Crippen LogP contribution in [0, 0.1) is 13.8 Å². The van der Waals surface area contributed by atoms with Crippen LogP contribution in [0.5, 0.6) is 0 Å². The number of carbonyl (C=O) groups excluding carboxylic acids is 4. The third-order valence-electron chi connectivity index (χ3n) is 7.23. The molecule has 0 aliphatic rings. The van der Waals surface area contributed by atoms with Gasteiger partial charge in [0, 0.05) is 63.2 Å². The number of nitrogens with one attached hydrogen (secondary N) is 2. The fraction of sp³-hybridized carbons (Fsp3) is 0.345. The van der Waals surface area contributed by atoms with Gasteiger partial charge in [-0.3, -0.25) is 19.2 Å². The number of nitrogens with zero attached hydrogens (tertiary/aromatic N) is 5. The van der Waals surface area contributed by atoms with Gasteiger partial charge in [0.05, 0.1) is 9.79 Å². The third kappa shape index (κ3) is 11.5. The van der Waals surface area contributed by atoms with E-state index in [9.17, 15) is 36.0 Å². The summed E-state index contributed by atoms with van der Waals surface area (Å²) in [5.74, 6) is -3.16. The van der Waals surface area contributed by atoms with Crippen molar-refractivity contribution >= 4 is 78.5 Å². The van der Waals surface area contributed by atoms with Gasteiger partial charge in [-0.15, -0.1) is 0 Å². The number of anilines is 4. The Hall–Kier alpha value is -4.96. The second-order valence-corrected chi connectivity index (χ2v) is 15.3. The van der Waals surface area contributed by atoms with Crippen LogP contribution in [0.15, 0.2) is 46.2 Å². The number of hydrogen-bond donors (Lipinski definition) is 6. The number of carbonyl (C=O) groups is 4. The fourth-order valence-corrected chi connectivity index (χ4v) is 7.53. The molecular weight excluding hydrogens is 730 g/mol. The highest BCUT2D eigenvalue weighted by Gasteiger charge is 2.27. The first-order valence-electron chi connectivity index (χ1n) is 15.1. The molecule has 22 heteroatoms. The van der Waals surface area contributed by atoms with Gasteiger partial charge in [0.2, 0.25) is 60.9 Å². The van der Waals surface area contributed by atoms with Crippen molar-refractivity contribution in [3.05, 3.63) is 52.8 Å². The Morgan fingerprint density at radius 3 is 1.22 bits per heavy atom. The van der Waals surface area contributed by atoms with Gasteiger partial charge in [0.1, 0.15) is 0 Å². The van der Waals surface area contributed by atoms with Crippen LogP contribution in [-0.2, 0) is 39.2 Å². The van der Waals surface area contributed by atoms with E-state index in [-0.39, 0.29) is 90.2 Å². The molecule has 3 aromatic rings. The average molecular weight is 768 g/mol. The molecule has 1 aromatic heterocycles. The third-order valence-corrected chi connectivity index (χ3v) is 11.2. The molecule has 0 fully saturated rings. The normalized spacial score (nSPS) is 11.8. The molecule has 2 aromatic carbocycles. The Balaban J connectivity index is 1.93. The van der Waals surface area contributed by atoms with Gasteiger partial charge < -0.3 is 33.6 Å². The van der Waals surface area contributed by atoms with E-state index in [1.165, 1.54) is 36.4 Å². The largest absolute Gasteiger partial charge is 0.370 e. The summed E-state index contributed by atoms with van der Waals surface area (Å²) in [6.45, 7) is 2.26. The number of nitrogens with two attached hydrogens (primary N) is 4. The SMILES string of the molecule is Cc1ccc(S(=O)(=O)N(CCC(N)=O)CCC(N)=O)cc1Nc1nc(Cl)nc(Nc2cc(S(=O)(=O)N(CCC(N)=O)CCC(N)=O)ccc2C)n1. The quantitative estimate of drug-likeness (QED) is 0.0891. The minimum Gasteiger partial charge on any atom is -0.370 e. The lowest BCUT2D eigenvalue weighted by Crippen LogP contribution is -2.36. The number of sulfonamides is 2. The summed E-state index contributed by atoms with van der Waals surface area (Å²) in [5.41, 5.74) is 22.5. The minimum absolute atomic E-state index is 0.111.